The van der Waals surface area contributed by atoms with E-state index in [4.69, 9.17) is 4.84 Å². The van der Waals surface area contributed by atoms with E-state index in [9.17, 15) is 14.8 Å². The highest BCUT2D eigenvalue weighted by Gasteiger charge is 2.33. The summed E-state index contributed by atoms with van der Waals surface area (Å²) in [5, 5.41) is 27.9. The summed E-state index contributed by atoms with van der Waals surface area (Å²) in [6, 6.07) is 14.0. The number of carbonyl (C=O) groups is 1. The van der Waals surface area contributed by atoms with Crippen LogP contribution in [0.5, 0.6) is 0 Å². The van der Waals surface area contributed by atoms with Crippen molar-refractivity contribution in [3.63, 3.8) is 0 Å². The van der Waals surface area contributed by atoms with Gasteiger partial charge in [0, 0.05) is 12.0 Å². The lowest BCUT2D eigenvalue weighted by molar-refractivity contribution is -0.131. The molecule has 3 N–H and O–H groups in total. The molecule has 0 spiro atoms. The summed E-state index contributed by atoms with van der Waals surface area (Å²) >= 11 is 0. The molecule has 1 aliphatic heterocycles. The van der Waals surface area contributed by atoms with Crippen molar-refractivity contribution in [3.8, 4) is 0 Å². The van der Waals surface area contributed by atoms with E-state index < -0.39 is 19.2 Å². The van der Waals surface area contributed by atoms with Gasteiger partial charge in [-0.05, 0) is 29.2 Å². The molecule has 2 unspecified atom stereocenters. The van der Waals surface area contributed by atoms with E-state index in [0.717, 1.165) is 16.3 Å². The number of amides is 1. The first-order chi connectivity index (χ1) is 12.4. The summed E-state index contributed by atoms with van der Waals surface area (Å²) in [5.41, 5.74) is 1.63. The van der Waals surface area contributed by atoms with Gasteiger partial charge in [-0.2, -0.15) is 0 Å². The average Bonchev–Trinajstić information content (AvgIpc) is 3.10. The number of rotatable bonds is 6. The fourth-order valence-electron chi connectivity index (χ4n) is 3.10. The van der Waals surface area contributed by atoms with Crippen molar-refractivity contribution < 1.29 is 19.7 Å². The van der Waals surface area contributed by atoms with Crippen LogP contribution in [0, 0.1) is 5.92 Å². The number of fused-ring (bicyclic) bond motifs is 1. The van der Waals surface area contributed by atoms with Crippen molar-refractivity contribution in [2.45, 2.75) is 38.7 Å². The largest absolute Gasteiger partial charge is 0.475 e. The Hall–Kier alpha value is -2.38. The second-order valence-electron chi connectivity index (χ2n) is 7.06. The highest BCUT2D eigenvalue weighted by atomic mass is 16.6. The first-order valence-electron chi connectivity index (χ1n) is 8.82. The average molecular weight is 354 g/mol. The first kappa shape index (κ1) is 18.4. The minimum atomic E-state index is -1.61. The van der Waals surface area contributed by atoms with E-state index in [1.54, 1.807) is 0 Å². The van der Waals surface area contributed by atoms with Gasteiger partial charge < -0.3 is 20.2 Å². The van der Waals surface area contributed by atoms with Crippen molar-refractivity contribution >= 4 is 29.5 Å². The summed E-state index contributed by atoms with van der Waals surface area (Å²) in [7, 11) is -1.61. The maximum absolute atomic E-state index is 12.4. The Morgan fingerprint density at radius 2 is 2.00 bits per heavy atom. The molecule has 7 heteroatoms. The zero-order chi connectivity index (χ0) is 18.7. The highest BCUT2D eigenvalue weighted by molar-refractivity contribution is 6.43. The molecule has 1 heterocycles. The Morgan fingerprint density at radius 1 is 1.27 bits per heavy atom. The molecule has 2 aromatic rings. The number of nitrogens with zero attached hydrogens (tertiary/aromatic N) is 1. The molecule has 0 saturated heterocycles. The van der Waals surface area contributed by atoms with Gasteiger partial charge in [0.2, 0.25) is 6.10 Å². The second kappa shape index (κ2) is 7.89. The molecule has 0 aliphatic carbocycles. The minimum Gasteiger partial charge on any atom is -0.426 e. The fraction of sp³-hybridized carbons (Fsp3) is 0.368. The van der Waals surface area contributed by atoms with Gasteiger partial charge >= 0.3 is 7.12 Å². The van der Waals surface area contributed by atoms with Crippen molar-refractivity contribution in [3.05, 3.63) is 48.0 Å². The lowest BCUT2D eigenvalue weighted by Gasteiger charge is -2.20. The van der Waals surface area contributed by atoms with E-state index >= 15 is 0 Å². The van der Waals surface area contributed by atoms with Gasteiger partial charge in [0.1, 0.15) is 0 Å². The fourth-order valence-corrected chi connectivity index (χ4v) is 3.10. The lowest BCUT2D eigenvalue weighted by Crippen LogP contribution is -2.50. The molecular formula is C19H23BN2O4. The van der Waals surface area contributed by atoms with Crippen LogP contribution >= 0.6 is 0 Å². The van der Waals surface area contributed by atoms with Gasteiger partial charge in [-0.15, -0.1) is 0 Å². The summed E-state index contributed by atoms with van der Waals surface area (Å²) < 4.78 is 0. The summed E-state index contributed by atoms with van der Waals surface area (Å²) in [5.74, 6) is -0.893. The predicted octanol–water partition coefficient (Wildman–Crippen LogP) is 1.88. The SMILES string of the molecule is CC(C)CC(NC(=O)C1CC(c2ccc3ccccc3c2)=NO1)B(O)O. The van der Waals surface area contributed by atoms with Crippen molar-refractivity contribution in [2.75, 3.05) is 0 Å². The van der Waals surface area contributed by atoms with Gasteiger partial charge in [0.15, 0.2) is 0 Å². The van der Waals surface area contributed by atoms with E-state index in [1.165, 1.54) is 0 Å². The van der Waals surface area contributed by atoms with Crippen LogP contribution in [0.2, 0.25) is 0 Å². The monoisotopic (exact) mass is 354 g/mol. The molecule has 0 aromatic heterocycles. The summed E-state index contributed by atoms with van der Waals surface area (Å²) in [6.07, 6.45) is 0.0547. The van der Waals surface area contributed by atoms with E-state index in [2.05, 4.69) is 10.5 Å². The maximum Gasteiger partial charge on any atom is 0.475 e. The van der Waals surface area contributed by atoms with Gasteiger partial charge in [-0.25, -0.2) is 0 Å². The molecular weight excluding hydrogens is 331 g/mol. The third-order valence-corrected chi connectivity index (χ3v) is 4.46. The summed E-state index contributed by atoms with van der Waals surface area (Å²) in [4.78, 5) is 17.7. The Morgan fingerprint density at radius 3 is 2.69 bits per heavy atom. The molecule has 2 atom stereocenters. The van der Waals surface area contributed by atoms with Crippen LogP contribution < -0.4 is 5.32 Å². The quantitative estimate of drug-likeness (QED) is 0.691. The number of benzene rings is 2. The zero-order valence-corrected chi connectivity index (χ0v) is 14.9. The third-order valence-electron chi connectivity index (χ3n) is 4.46. The van der Waals surface area contributed by atoms with E-state index in [0.29, 0.717) is 18.6 Å². The number of hydrogen-bond acceptors (Lipinski definition) is 5. The van der Waals surface area contributed by atoms with E-state index in [1.807, 2.05) is 56.3 Å². The molecule has 1 aliphatic rings. The van der Waals surface area contributed by atoms with Gasteiger partial charge in [0.05, 0.1) is 11.7 Å². The first-order valence-corrected chi connectivity index (χ1v) is 8.82. The zero-order valence-electron chi connectivity index (χ0n) is 14.9. The number of oxime groups is 1. The number of hydrogen-bond donors (Lipinski definition) is 3. The molecule has 6 nitrogen and oxygen atoms in total. The Labute approximate surface area is 153 Å². The highest BCUT2D eigenvalue weighted by Crippen LogP contribution is 2.21. The minimum absolute atomic E-state index is 0.219. The van der Waals surface area contributed by atoms with Gasteiger partial charge in [0.25, 0.3) is 5.91 Å². The molecule has 0 fully saturated rings. The molecule has 2 aromatic carbocycles. The van der Waals surface area contributed by atoms with Crippen LogP contribution in [0.25, 0.3) is 10.8 Å². The van der Waals surface area contributed by atoms with Gasteiger partial charge in [-0.3, -0.25) is 4.79 Å². The molecule has 3 rings (SSSR count). The van der Waals surface area contributed by atoms with Crippen LogP contribution in [0.15, 0.2) is 47.6 Å². The molecule has 0 bridgehead atoms. The number of carbonyl (C=O) groups excluding carboxylic acids is 1. The molecule has 26 heavy (non-hydrogen) atoms. The smallest absolute Gasteiger partial charge is 0.426 e. The van der Waals surface area contributed by atoms with Crippen LogP contribution in [0.1, 0.15) is 32.3 Å². The Bertz CT molecular complexity index is 822. The lowest BCUT2D eigenvalue weighted by atomic mass is 9.75. The second-order valence-corrected chi connectivity index (χ2v) is 7.06. The van der Waals surface area contributed by atoms with Crippen LogP contribution in [0.4, 0.5) is 0 Å². The van der Waals surface area contributed by atoms with E-state index in [-0.39, 0.29) is 11.8 Å². The van der Waals surface area contributed by atoms with Crippen LogP contribution in [-0.4, -0.2) is 40.8 Å². The standard InChI is InChI=1S/C19H23BN2O4/c1-12(2)9-18(20(24)25)21-19(23)17-11-16(22-26-17)15-8-7-13-5-3-4-6-14(13)10-15/h3-8,10,12,17-18,24-25H,9,11H2,1-2H3,(H,21,23). The summed E-state index contributed by atoms with van der Waals surface area (Å²) in [6.45, 7) is 3.91. The van der Waals surface area contributed by atoms with Gasteiger partial charge in [-0.1, -0.05) is 55.4 Å². The maximum atomic E-state index is 12.4. The molecule has 0 radical (unpaired) electrons. The van der Waals surface area contributed by atoms with Crippen molar-refractivity contribution in [1.29, 1.82) is 0 Å². The predicted molar refractivity (Wildman–Crippen MR) is 102 cm³/mol. The Kier molecular flexibility index (Phi) is 5.59. The Balaban J connectivity index is 1.65. The topological polar surface area (TPSA) is 91.2 Å². The van der Waals surface area contributed by atoms with Crippen molar-refractivity contribution in [1.82, 2.24) is 5.32 Å². The van der Waals surface area contributed by atoms with Crippen molar-refractivity contribution in [2.24, 2.45) is 11.1 Å². The number of nitrogens with one attached hydrogen (secondary N) is 1. The molecule has 136 valence electrons. The third kappa shape index (κ3) is 4.23. The van der Waals surface area contributed by atoms with Crippen LogP contribution in [0.3, 0.4) is 0 Å². The molecule has 1 amide bonds. The van der Waals surface area contributed by atoms with Crippen LogP contribution in [-0.2, 0) is 9.63 Å². The molecule has 0 saturated carbocycles. The normalized spacial score (nSPS) is 17.7.